The van der Waals surface area contributed by atoms with Gasteiger partial charge in [0.1, 0.15) is 0 Å². The van der Waals surface area contributed by atoms with Gasteiger partial charge in [-0.2, -0.15) is 4.31 Å². The molecule has 0 atom stereocenters. The van der Waals surface area contributed by atoms with Gasteiger partial charge in [0.25, 0.3) is 5.91 Å². The summed E-state index contributed by atoms with van der Waals surface area (Å²) in [6, 6.07) is 25.0. The van der Waals surface area contributed by atoms with Crippen molar-refractivity contribution in [2.45, 2.75) is 17.9 Å². The van der Waals surface area contributed by atoms with Gasteiger partial charge in [-0.1, -0.05) is 59.8 Å². The van der Waals surface area contributed by atoms with E-state index in [0.717, 1.165) is 16.7 Å². The normalized spacial score (nSPS) is 13.9. The van der Waals surface area contributed by atoms with Crippen LogP contribution in [0.2, 0.25) is 0 Å². The van der Waals surface area contributed by atoms with Crippen LogP contribution < -0.4 is 5.32 Å². The van der Waals surface area contributed by atoms with Crippen molar-refractivity contribution in [1.29, 1.82) is 0 Å². The monoisotopic (exact) mass is 459 g/mol. The molecule has 0 bridgehead atoms. The highest BCUT2D eigenvalue weighted by Crippen LogP contribution is 2.27. The predicted molar refractivity (Wildman–Crippen MR) is 124 cm³/mol. The van der Waals surface area contributed by atoms with Crippen molar-refractivity contribution >= 4 is 21.6 Å². The summed E-state index contributed by atoms with van der Waals surface area (Å²) >= 11 is 0. The van der Waals surface area contributed by atoms with Crippen molar-refractivity contribution in [2.24, 2.45) is 0 Å². The molecule has 1 N–H and O–H groups in total. The number of nitrogens with one attached hydrogen (secondary N) is 1. The molecule has 1 amide bonds. The number of hydrogen-bond donors (Lipinski definition) is 1. The number of hydrogen-bond acceptors (Lipinski definition) is 5. The quantitative estimate of drug-likeness (QED) is 0.479. The second-order valence-electron chi connectivity index (χ2n) is 7.78. The summed E-state index contributed by atoms with van der Waals surface area (Å²) in [6.45, 7) is 0.662. The van der Waals surface area contributed by atoms with Crippen LogP contribution in [0.3, 0.4) is 0 Å². The number of aromatic nitrogens is 1. The highest BCUT2D eigenvalue weighted by atomic mass is 32.2. The average Bonchev–Trinajstić information content (AvgIpc) is 3.35. The molecule has 2 heterocycles. The van der Waals surface area contributed by atoms with Crippen LogP contribution in [0.5, 0.6) is 0 Å². The zero-order valence-corrected chi connectivity index (χ0v) is 18.5. The van der Waals surface area contributed by atoms with Gasteiger partial charge in [-0.3, -0.25) is 4.79 Å². The Labute approximate surface area is 191 Å². The van der Waals surface area contributed by atoms with E-state index in [2.05, 4.69) is 10.5 Å². The summed E-state index contributed by atoms with van der Waals surface area (Å²) in [5.74, 6) is 0.110. The maximum absolute atomic E-state index is 13.0. The molecule has 8 heteroatoms. The number of fused-ring (bicyclic) bond motifs is 1. The van der Waals surface area contributed by atoms with Gasteiger partial charge in [0, 0.05) is 30.4 Å². The lowest BCUT2D eigenvalue weighted by Gasteiger charge is -2.28. The van der Waals surface area contributed by atoms with Crippen LogP contribution in [0.15, 0.2) is 94.3 Å². The van der Waals surface area contributed by atoms with Gasteiger partial charge < -0.3 is 9.84 Å². The van der Waals surface area contributed by atoms with Crippen molar-refractivity contribution in [3.63, 3.8) is 0 Å². The first-order chi connectivity index (χ1) is 16.0. The van der Waals surface area contributed by atoms with Crippen LogP contribution in [-0.2, 0) is 23.0 Å². The number of anilines is 1. The molecule has 166 valence electrons. The van der Waals surface area contributed by atoms with Crippen LogP contribution in [-0.4, -0.2) is 30.3 Å². The van der Waals surface area contributed by atoms with Gasteiger partial charge in [-0.05, 0) is 41.8 Å². The lowest BCUT2D eigenvalue weighted by Crippen LogP contribution is -2.36. The third-order valence-corrected chi connectivity index (χ3v) is 7.48. The van der Waals surface area contributed by atoms with Gasteiger partial charge in [0.2, 0.25) is 10.0 Å². The summed E-state index contributed by atoms with van der Waals surface area (Å²) in [5, 5.41) is 6.71. The summed E-state index contributed by atoms with van der Waals surface area (Å²) in [6.07, 6.45) is 0.610. The Balaban J connectivity index is 1.33. The molecule has 33 heavy (non-hydrogen) atoms. The maximum Gasteiger partial charge on any atom is 0.277 e. The number of amides is 1. The average molecular weight is 460 g/mol. The lowest BCUT2D eigenvalue weighted by atomic mass is 10.0. The Morgan fingerprint density at radius 1 is 0.909 bits per heavy atom. The van der Waals surface area contributed by atoms with Gasteiger partial charge in [0.15, 0.2) is 11.5 Å². The maximum atomic E-state index is 13.0. The van der Waals surface area contributed by atoms with Crippen LogP contribution in [0.1, 0.15) is 21.6 Å². The first-order valence-electron chi connectivity index (χ1n) is 10.5. The van der Waals surface area contributed by atoms with Crippen molar-refractivity contribution in [3.8, 4) is 11.3 Å². The smallest absolute Gasteiger partial charge is 0.277 e. The highest BCUT2D eigenvalue weighted by Gasteiger charge is 2.28. The van der Waals surface area contributed by atoms with Crippen LogP contribution in [0.4, 0.5) is 5.69 Å². The molecule has 0 saturated heterocycles. The summed E-state index contributed by atoms with van der Waals surface area (Å²) < 4.78 is 32.8. The Bertz CT molecular complexity index is 1400. The van der Waals surface area contributed by atoms with Crippen molar-refractivity contribution in [1.82, 2.24) is 9.46 Å². The number of sulfonamides is 1. The van der Waals surface area contributed by atoms with Crippen LogP contribution in [0.25, 0.3) is 11.3 Å². The minimum Gasteiger partial charge on any atom is -0.355 e. The van der Waals surface area contributed by atoms with E-state index in [9.17, 15) is 13.2 Å². The predicted octanol–water partition coefficient (Wildman–Crippen LogP) is 4.34. The van der Waals surface area contributed by atoms with E-state index in [0.29, 0.717) is 24.4 Å². The summed E-state index contributed by atoms with van der Waals surface area (Å²) in [7, 11) is -3.58. The standard InChI is InChI=1S/C25H21N3O4S/c29-25(23-16-24(32-27-23)19-7-3-1-4-8-19)26-21-12-11-18-13-14-28(17-20(18)15-21)33(30,31)22-9-5-2-6-10-22/h1-12,15-16H,13-14,17H2,(H,26,29). The first kappa shape index (κ1) is 21.1. The Kier molecular flexibility index (Phi) is 5.53. The molecule has 4 aromatic rings. The minimum absolute atomic E-state index is 0.167. The molecule has 0 spiro atoms. The number of rotatable bonds is 5. The van der Waals surface area contributed by atoms with Crippen molar-refractivity contribution in [2.75, 3.05) is 11.9 Å². The van der Waals surface area contributed by atoms with E-state index in [-0.39, 0.29) is 17.1 Å². The Morgan fingerprint density at radius 3 is 2.39 bits per heavy atom. The zero-order valence-electron chi connectivity index (χ0n) is 17.6. The van der Waals surface area contributed by atoms with E-state index < -0.39 is 15.9 Å². The fourth-order valence-corrected chi connectivity index (χ4v) is 5.31. The van der Waals surface area contributed by atoms with Gasteiger partial charge >= 0.3 is 0 Å². The summed E-state index contributed by atoms with van der Waals surface area (Å²) in [5.41, 5.74) is 3.50. The molecule has 1 aliphatic heterocycles. The second-order valence-corrected chi connectivity index (χ2v) is 9.72. The molecule has 3 aromatic carbocycles. The lowest BCUT2D eigenvalue weighted by molar-refractivity contribution is 0.101. The minimum atomic E-state index is -3.58. The number of nitrogens with zero attached hydrogens (tertiary/aromatic N) is 2. The molecule has 0 saturated carbocycles. The largest absolute Gasteiger partial charge is 0.355 e. The highest BCUT2D eigenvalue weighted by molar-refractivity contribution is 7.89. The van der Waals surface area contributed by atoms with Crippen molar-refractivity contribution in [3.05, 3.63) is 102 Å². The van der Waals surface area contributed by atoms with Crippen molar-refractivity contribution < 1.29 is 17.7 Å². The number of carbonyl (C=O) groups is 1. The third-order valence-electron chi connectivity index (χ3n) is 5.62. The number of carbonyl (C=O) groups excluding carboxylic acids is 1. The fourth-order valence-electron chi connectivity index (χ4n) is 3.87. The van der Waals surface area contributed by atoms with E-state index in [1.165, 1.54) is 4.31 Å². The molecule has 0 unspecified atom stereocenters. The zero-order chi connectivity index (χ0) is 22.8. The molecule has 0 fully saturated rings. The number of benzene rings is 3. The second kappa shape index (κ2) is 8.65. The summed E-state index contributed by atoms with van der Waals surface area (Å²) in [4.78, 5) is 13.0. The molecule has 1 aliphatic rings. The fraction of sp³-hybridized carbons (Fsp3) is 0.120. The molecule has 1 aromatic heterocycles. The molecular formula is C25H21N3O4S. The van der Waals surface area contributed by atoms with Gasteiger partial charge in [0.05, 0.1) is 4.90 Å². The Hall–Kier alpha value is -3.75. The topological polar surface area (TPSA) is 92.5 Å². The van der Waals surface area contributed by atoms with E-state index >= 15 is 0 Å². The Morgan fingerprint density at radius 2 is 1.64 bits per heavy atom. The van der Waals surface area contributed by atoms with E-state index in [1.54, 1.807) is 36.4 Å². The van der Waals surface area contributed by atoms with Gasteiger partial charge in [-0.15, -0.1) is 0 Å². The third kappa shape index (κ3) is 4.30. The molecule has 5 rings (SSSR count). The molecule has 7 nitrogen and oxygen atoms in total. The van der Waals surface area contributed by atoms with E-state index in [4.69, 9.17) is 4.52 Å². The molecular weight excluding hydrogens is 438 g/mol. The van der Waals surface area contributed by atoms with Gasteiger partial charge in [-0.25, -0.2) is 8.42 Å². The van der Waals surface area contributed by atoms with E-state index in [1.807, 2.05) is 48.5 Å². The van der Waals surface area contributed by atoms with Crippen LogP contribution in [0, 0.1) is 0 Å². The SMILES string of the molecule is O=C(Nc1ccc2c(c1)CN(S(=O)(=O)c1ccccc1)CC2)c1cc(-c2ccccc2)on1. The first-order valence-corrected chi connectivity index (χ1v) is 12.0. The molecule has 0 radical (unpaired) electrons. The molecule has 0 aliphatic carbocycles. The van der Waals surface area contributed by atoms with Crippen LogP contribution >= 0.6 is 0 Å².